The van der Waals surface area contributed by atoms with Gasteiger partial charge in [0.1, 0.15) is 36.6 Å². The number of rotatable bonds is 11. The minimum Gasteiger partial charge on any atom is -0.599 e. The molecule has 4 aromatic rings. The van der Waals surface area contributed by atoms with Crippen molar-refractivity contribution in [3.63, 3.8) is 0 Å². The third-order valence-corrected chi connectivity index (χ3v) is 8.19. The highest BCUT2D eigenvalue weighted by atomic mass is 16.6. The van der Waals surface area contributed by atoms with E-state index in [2.05, 4.69) is 46.4 Å². The number of carbonyl (C=O) groups is 4. The lowest BCUT2D eigenvalue weighted by molar-refractivity contribution is -0.252. The number of hydrogen-bond acceptors (Lipinski definition) is 10. The Labute approximate surface area is 295 Å². The molecular formula is C40H38N2O9-2. The maximum Gasteiger partial charge on any atom is 0.303 e. The molecule has 0 aliphatic heterocycles. The molecule has 0 amide bonds. The number of aliphatic imine (C=N–C) groups is 2. The number of hydrogen-bond donors (Lipinski definition) is 1. The van der Waals surface area contributed by atoms with E-state index in [1.165, 1.54) is 18.1 Å². The fraction of sp³-hybridized carbons (Fsp3) is 0.250. The van der Waals surface area contributed by atoms with Crippen LogP contribution in [0.25, 0.3) is 22.3 Å². The van der Waals surface area contributed by atoms with E-state index in [1.807, 2.05) is 60.7 Å². The largest absolute Gasteiger partial charge is 0.599 e. The van der Waals surface area contributed by atoms with Crippen LogP contribution < -0.4 is 10.2 Å². The molecule has 0 saturated carbocycles. The van der Waals surface area contributed by atoms with Crippen LogP contribution in [0.3, 0.4) is 0 Å². The van der Waals surface area contributed by atoms with Gasteiger partial charge >= 0.3 is 5.97 Å². The van der Waals surface area contributed by atoms with Crippen molar-refractivity contribution in [2.24, 2.45) is 9.98 Å². The Morgan fingerprint density at radius 3 is 1.43 bits per heavy atom. The molecule has 264 valence electrons. The second kappa shape index (κ2) is 18.6. The van der Waals surface area contributed by atoms with Gasteiger partial charge < -0.3 is 34.4 Å². The predicted octanol–water partition coefficient (Wildman–Crippen LogP) is 4.29. The van der Waals surface area contributed by atoms with E-state index < -0.39 is 24.2 Å². The molecule has 0 saturated heterocycles. The van der Waals surface area contributed by atoms with Gasteiger partial charge in [-0.1, -0.05) is 104 Å². The number of carboxylic acid groups (broad SMARTS) is 1. The van der Waals surface area contributed by atoms with Crippen molar-refractivity contribution in [1.29, 1.82) is 0 Å². The number of ketones is 1. The zero-order valence-corrected chi connectivity index (χ0v) is 28.3. The van der Waals surface area contributed by atoms with Gasteiger partial charge in [-0.15, -0.1) is 0 Å². The summed E-state index contributed by atoms with van der Waals surface area (Å²) in [6, 6.07) is 31.3. The minimum atomic E-state index is -0.979. The van der Waals surface area contributed by atoms with Gasteiger partial charge in [0.25, 0.3) is 0 Å². The third kappa shape index (κ3) is 9.98. The van der Waals surface area contributed by atoms with Crippen LogP contribution >= 0.6 is 0 Å². The summed E-state index contributed by atoms with van der Waals surface area (Å²) in [7, 11) is 0. The quantitative estimate of drug-likeness (QED) is 0.137. The van der Waals surface area contributed by atoms with Gasteiger partial charge in [0.05, 0.1) is 6.54 Å². The van der Waals surface area contributed by atoms with E-state index in [0.29, 0.717) is 12.6 Å². The molecule has 2 aliphatic rings. The molecule has 4 aromatic carbocycles. The van der Waals surface area contributed by atoms with E-state index in [-0.39, 0.29) is 50.2 Å². The summed E-state index contributed by atoms with van der Waals surface area (Å²) in [5, 5.41) is 31.1. The maximum absolute atomic E-state index is 11.9. The SMILES string of the molecule is CC(=O)CC(C=O)N=C([O-])OCC1c2ccccc2-c2ccccc21.CCC(=O)O.O=CCN=C([O-])OCC1c2ccccc2-c2ccccc21. The number of aldehydes is 2. The number of carbonyl (C=O) groups excluding carboxylic acids is 3. The second-order valence-electron chi connectivity index (χ2n) is 11.6. The Morgan fingerprint density at radius 2 is 1.10 bits per heavy atom. The molecule has 1 unspecified atom stereocenters. The number of benzene rings is 4. The smallest absolute Gasteiger partial charge is 0.303 e. The molecule has 0 radical (unpaired) electrons. The van der Waals surface area contributed by atoms with Crippen molar-refractivity contribution in [2.45, 2.75) is 44.6 Å². The number of Topliss-reactive ketones (excluding diaryl/α,β-unsaturated/α-hetero) is 1. The molecule has 11 nitrogen and oxygen atoms in total. The van der Waals surface area contributed by atoms with Gasteiger partial charge in [0.15, 0.2) is 0 Å². The Morgan fingerprint density at radius 1 is 0.725 bits per heavy atom. The van der Waals surface area contributed by atoms with Crippen LogP contribution in [0.5, 0.6) is 0 Å². The van der Waals surface area contributed by atoms with E-state index >= 15 is 0 Å². The van der Waals surface area contributed by atoms with E-state index in [4.69, 9.17) is 14.6 Å². The predicted molar refractivity (Wildman–Crippen MR) is 188 cm³/mol. The first-order valence-corrected chi connectivity index (χ1v) is 16.4. The topological polar surface area (TPSA) is 178 Å². The Kier molecular flexibility index (Phi) is 13.8. The summed E-state index contributed by atoms with van der Waals surface area (Å²) in [6.45, 7) is 3.17. The highest BCUT2D eigenvalue weighted by Crippen LogP contribution is 2.45. The summed E-state index contributed by atoms with van der Waals surface area (Å²) >= 11 is 0. The molecule has 1 N–H and O–H groups in total. The van der Waals surface area contributed by atoms with Crippen LogP contribution in [0.2, 0.25) is 0 Å². The van der Waals surface area contributed by atoms with Crippen molar-refractivity contribution >= 4 is 36.5 Å². The van der Waals surface area contributed by atoms with Gasteiger partial charge in [0, 0.05) is 37.9 Å². The number of fused-ring (bicyclic) bond motifs is 6. The van der Waals surface area contributed by atoms with E-state index in [0.717, 1.165) is 33.4 Å². The average Bonchev–Trinajstić information content (AvgIpc) is 3.64. The van der Waals surface area contributed by atoms with Gasteiger partial charge in [-0.05, 0) is 51.4 Å². The van der Waals surface area contributed by atoms with Gasteiger partial charge in [-0.25, -0.2) is 0 Å². The first kappa shape index (κ1) is 37.7. The molecule has 2 aliphatic carbocycles. The lowest BCUT2D eigenvalue weighted by Crippen LogP contribution is -2.27. The van der Waals surface area contributed by atoms with Gasteiger partial charge in [-0.2, -0.15) is 0 Å². The molecule has 0 heterocycles. The fourth-order valence-corrected chi connectivity index (χ4v) is 5.94. The number of ether oxygens (including phenoxy) is 2. The molecule has 0 fully saturated rings. The van der Waals surface area contributed by atoms with E-state index in [9.17, 15) is 29.4 Å². The average molecular weight is 691 g/mol. The summed E-state index contributed by atoms with van der Waals surface area (Å²) in [5.74, 6) is -0.987. The molecule has 0 aromatic heterocycles. The fourth-order valence-electron chi connectivity index (χ4n) is 5.94. The van der Waals surface area contributed by atoms with Crippen LogP contribution in [0.15, 0.2) is 107 Å². The lowest BCUT2D eigenvalue weighted by atomic mass is 9.98. The highest BCUT2D eigenvalue weighted by Gasteiger charge is 2.28. The van der Waals surface area contributed by atoms with Crippen molar-refractivity contribution in [2.75, 3.05) is 19.8 Å². The van der Waals surface area contributed by atoms with Gasteiger partial charge in [0.2, 0.25) is 0 Å². The van der Waals surface area contributed by atoms with Crippen LogP contribution in [0, 0.1) is 0 Å². The number of carboxylic acids is 1. The van der Waals surface area contributed by atoms with Crippen LogP contribution in [0.1, 0.15) is 60.8 Å². The summed E-state index contributed by atoms with van der Waals surface area (Å²) in [5.41, 5.74) is 9.15. The Hall–Kier alpha value is -6.10. The molecule has 11 heteroatoms. The normalized spacial score (nSPS) is 13.5. The molecule has 6 rings (SSSR count). The minimum absolute atomic E-state index is 0.0211. The maximum atomic E-state index is 11.9. The van der Waals surface area contributed by atoms with Crippen molar-refractivity contribution in [1.82, 2.24) is 0 Å². The second-order valence-corrected chi connectivity index (χ2v) is 11.6. The van der Waals surface area contributed by atoms with Crippen molar-refractivity contribution in [3.05, 3.63) is 119 Å². The lowest BCUT2D eigenvalue weighted by Gasteiger charge is -2.21. The number of nitrogens with zero attached hydrogens (tertiary/aromatic N) is 2. The summed E-state index contributed by atoms with van der Waals surface area (Å²) < 4.78 is 10.5. The first-order valence-electron chi connectivity index (χ1n) is 16.4. The van der Waals surface area contributed by atoms with Crippen LogP contribution in [0.4, 0.5) is 0 Å². The molecule has 1 atom stereocenters. The summed E-state index contributed by atoms with van der Waals surface area (Å²) in [4.78, 5) is 48.7. The molecule has 51 heavy (non-hydrogen) atoms. The zero-order valence-electron chi connectivity index (χ0n) is 28.3. The zero-order chi connectivity index (χ0) is 36.8. The Bertz CT molecular complexity index is 1810. The van der Waals surface area contributed by atoms with E-state index in [1.54, 1.807) is 6.92 Å². The standard InChI is InChI=1S/C20H19NO4.C17H15NO3.C3H6O2/c1-13(23)10-14(11-22)21-20(24)25-12-19-17-8-4-2-6-15(17)16-7-3-5-9-18(16)19;19-10-9-18-17(20)21-11-16-14-7-3-1-5-12(14)13-6-2-4-8-15(13)16;1-2-3(4)5/h2-9,11,14,19H,10,12H2,1H3,(H,21,24);1-8,10,16H,9,11H2,(H,18,20);2H2,1H3,(H,4,5)/p-2. The molecular weight excluding hydrogens is 652 g/mol. The van der Waals surface area contributed by atoms with Crippen molar-refractivity contribution < 1.29 is 44.0 Å². The molecule has 0 spiro atoms. The monoisotopic (exact) mass is 690 g/mol. The third-order valence-electron chi connectivity index (χ3n) is 8.19. The summed E-state index contributed by atoms with van der Waals surface area (Å²) in [6.07, 6.45) is -0.318. The van der Waals surface area contributed by atoms with Gasteiger partial charge in [-0.3, -0.25) is 19.6 Å². The highest BCUT2D eigenvalue weighted by molar-refractivity contribution is 5.82. The molecule has 0 bridgehead atoms. The first-order chi connectivity index (χ1) is 24.7. The Balaban J connectivity index is 0.000000204. The van der Waals surface area contributed by atoms with Crippen LogP contribution in [-0.2, 0) is 28.7 Å². The van der Waals surface area contributed by atoms with Crippen LogP contribution in [-0.4, -0.2) is 67.4 Å². The van der Waals surface area contributed by atoms with Crippen molar-refractivity contribution in [3.8, 4) is 22.3 Å². The number of aliphatic carboxylic acids is 1.